The van der Waals surface area contributed by atoms with Crippen LogP contribution in [0.2, 0.25) is 0 Å². The average molecular weight is 277 g/mol. The highest BCUT2D eigenvalue weighted by Crippen LogP contribution is 2.23. The lowest BCUT2D eigenvalue weighted by atomic mass is 9.89. The zero-order valence-corrected chi connectivity index (χ0v) is 12.8. The molecule has 2 atom stereocenters. The van der Waals surface area contributed by atoms with Gasteiger partial charge in [0.2, 0.25) is 0 Å². The van der Waals surface area contributed by atoms with Gasteiger partial charge in [0, 0.05) is 32.2 Å². The lowest BCUT2D eigenvalue weighted by molar-refractivity contribution is 0.0575. The first-order valence-electron chi connectivity index (χ1n) is 7.39. The Kier molecular flexibility index (Phi) is 5.16. The molecule has 1 fully saturated rings. The highest BCUT2D eigenvalue weighted by molar-refractivity contribution is 5.25. The maximum absolute atomic E-state index is 9.98. The van der Waals surface area contributed by atoms with Crippen LogP contribution in [0.25, 0.3) is 0 Å². The van der Waals surface area contributed by atoms with E-state index < -0.39 is 0 Å². The third-order valence-corrected chi connectivity index (χ3v) is 4.61. The van der Waals surface area contributed by atoms with Gasteiger partial charge in [-0.2, -0.15) is 0 Å². The molecule has 0 bridgehead atoms. The summed E-state index contributed by atoms with van der Waals surface area (Å²) in [6.07, 6.45) is 0. The predicted molar refractivity (Wildman–Crippen MR) is 82.8 cm³/mol. The number of likely N-dealkylation sites (N-methyl/N-ethyl adjacent to an activating group) is 2. The van der Waals surface area contributed by atoms with E-state index in [4.69, 9.17) is 0 Å². The van der Waals surface area contributed by atoms with Crippen molar-refractivity contribution in [2.75, 3.05) is 46.9 Å². The maximum atomic E-state index is 9.98. The number of hydrogen-bond donors (Lipinski definition) is 2. The van der Waals surface area contributed by atoms with Crippen molar-refractivity contribution >= 4 is 0 Å². The quantitative estimate of drug-likeness (QED) is 0.832. The van der Waals surface area contributed by atoms with Gasteiger partial charge >= 0.3 is 0 Å². The zero-order valence-electron chi connectivity index (χ0n) is 12.8. The second kappa shape index (κ2) is 6.68. The van der Waals surface area contributed by atoms with Crippen LogP contribution in [0.5, 0.6) is 0 Å². The van der Waals surface area contributed by atoms with Crippen molar-refractivity contribution in [3.63, 3.8) is 0 Å². The van der Waals surface area contributed by atoms with Gasteiger partial charge in [0.05, 0.1) is 12.1 Å². The number of hydrogen-bond acceptors (Lipinski definition) is 4. The molecular formula is C16H27N3O. The van der Waals surface area contributed by atoms with Crippen LogP contribution in [-0.2, 0) is 5.54 Å². The van der Waals surface area contributed by atoms with Crippen molar-refractivity contribution in [1.29, 1.82) is 0 Å². The molecule has 0 aromatic heterocycles. The molecule has 20 heavy (non-hydrogen) atoms. The number of benzene rings is 1. The Balaban J connectivity index is 2.14. The third-order valence-electron chi connectivity index (χ3n) is 4.61. The Morgan fingerprint density at radius 2 is 2.00 bits per heavy atom. The van der Waals surface area contributed by atoms with E-state index in [2.05, 4.69) is 41.2 Å². The van der Waals surface area contributed by atoms with Gasteiger partial charge < -0.3 is 15.3 Å². The summed E-state index contributed by atoms with van der Waals surface area (Å²) in [4.78, 5) is 4.84. The second-order valence-corrected chi connectivity index (χ2v) is 5.92. The molecule has 0 aliphatic carbocycles. The number of rotatable bonds is 5. The molecule has 4 nitrogen and oxygen atoms in total. The van der Waals surface area contributed by atoms with Crippen molar-refractivity contribution < 1.29 is 5.11 Å². The van der Waals surface area contributed by atoms with Gasteiger partial charge in [0.1, 0.15) is 0 Å². The molecule has 0 amide bonds. The fourth-order valence-electron chi connectivity index (χ4n) is 2.94. The number of nitrogens with one attached hydrogen (secondary N) is 1. The topological polar surface area (TPSA) is 38.7 Å². The largest absolute Gasteiger partial charge is 0.394 e. The van der Waals surface area contributed by atoms with E-state index in [0.717, 1.165) is 31.7 Å². The average Bonchev–Trinajstić information content (AvgIpc) is 2.49. The predicted octanol–water partition coefficient (Wildman–Crippen LogP) is 0.730. The van der Waals surface area contributed by atoms with Crippen LogP contribution in [0.3, 0.4) is 0 Å². The first-order valence-corrected chi connectivity index (χ1v) is 7.39. The lowest BCUT2D eigenvalue weighted by Crippen LogP contribution is -2.58. The smallest absolute Gasteiger partial charge is 0.0795 e. The molecule has 1 aromatic carbocycles. The van der Waals surface area contributed by atoms with Gasteiger partial charge in [-0.25, -0.2) is 0 Å². The fraction of sp³-hybridized carbons (Fsp3) is 0.625. The van der Waals surface area contributed by atoms with E-state index in [1.54, 1.807) is 0 Å². The Morgan fingerprint density at radius 3 is 2.55 bits per heavy atom. The van der Waals surface area contributed by atoms with Crippen molar-refractivity contribution in [1.82, 2.24) is 15.1 Å². The summed E-state index contributed by atoms with van der Waals surface area (Å²) in [5, 5.41) is 13.3. The highest BCUT2D eigenvalue weighted by atomic mass is 16.3. The van der Waals surface area contributed by atoms with Crippen LogP contribution < -0.4 is 5.32 Å². The molecule has 2 N–H and O–H groups in total. The normalized spacial score (nSPS) is 24.5. The van der Waals surface area contributed by atoms with Gasteiger partial charge in [0.15, 0.2) is 0 Å². The second-order valence-electron chi connectivity index (χ2n) is 5.92. The molecule has 1 aliphatic rings. The maximum Gasteiger partial charge on any atom is 0.0795 e. The van der Waals surface area contributed by atoms with Crippen LogP contribution >= 0.6 is 0 Å². The van der Waals surface area contributed by atoms with Crippen LogP contribution in [-0.4, -0.2) is 67.8 Å². The third kappa shape index (κ3) is 3.20. The van der Waals surface area contributed by atoms with E-state index in [1.165, 1.54) is 0 Å². The summed E-state index contributed by atoms with van der Waals surface area (Å²) in [5.41, 5.74) is 0.772. The Bertz CT molecular complexity index is 405. The van der Waals surface area contributed by atoms with Crippen LogP contribution in [0.4, 0.5) is 0 Å². The molecule has 1 aromatic rings. The SMILES string of the molecule is CNC(CO)(CN1CCN(C)C(C)C1)c1ccccc1. The molecule has 0 radical (unpaired) electrons. The van der Waals surface area contributed by atoms with Crippen molar-refractivity contribution in [2.24, 2.45) is 0 Å². The summed E-state index contributed by atoms with van der Waals surface area (Å²) in [6, 6.07) is 10.8. The number of piperazine rings is 1. The summed E-state index contributed by atoms with van der Waals surface area (Å²) in [6.45, 7) is 6.39. The molecule has 4 heteroatoms. The van der Waals surface area contributed by atoms with Gasteiger partial charge in [-0.15, -0.1) is 0 Å². The van der Waals surface area contributed by atoms with Gasteiger partial charge in [-0.3, -0.25) is 4.90 Å². The molecular weight excluding hydrogens is 250 g/mol. The number of nitrogens with zero attached hydrogens (tertiary/aromatic N) is 2. The summed E-state index contributed by atoms with van der Waals surface area (Å²) in [5.74, 6) is 0. The van der Waals surface area contributed by atoms with Crippen molar-refractivity contribution in [2.45, 2.75) is 18.5 Å². The minimum atomic E-state index is -0.378. The summed E-state index contributed by atoms with van der Waals surface area (Å²) < 4.78 is 0. The molecule has 1 heterocycles. The van der Waals surface area contributed by atoms with Gasteiger partial charge in [0.25, 0.3) is 0 Å². The molecule has 1 saturated heterocycles. The summed E-state index contributed by atoms with van der Waals surface area (Å²) >= 11 is 0. The van der Waals surface area contributed by atoms with E-state index in [9.17, 15) is 5.11 Å². The molecule has 112 valence electrons. The Labute approximate surface area is 122 Å². The fourth-order valence-corrected chi connectivity index (χ4v) is 2.94. The van der Waals surface area contributed by atoms with Crippen molar-refractivity contribution in [3.8, 4) is 0 Å². The lowest BCUT2D eigenvalue weighted by Gasteiger charge is -2.43. The Morgan fingerprint density at radius 1 is 1.30 bits per heavy atom. The first kappa shape index (κ1) is 15.4. The summed E-state index contributed by atoms with van der Waals surface area (Å²) in [7, 11) is 4.11. The minimum Gasteiger partial charge on any atom is -0.394 e. The number of aliphatic hydroxyl groups is 1. The number of aliphatic hydroxyl groups excluding tert-OH is 1. The molecule has 2 unspecified atom stereocenters. The molecule has 2 rings (SSSR count). The monoisotopic (exact) mass is 277 g/mol. The molecule has 1 aliphatic heterocycles. The first-order chi connectivity index (χ1) is 9.61. The van der Waals surface area contributed by atoms with Crippen LogP contribution in [0.15, 0.2) is 30.3 Å². The van der Waals surface area contributed by atoms with Gasteiger partial charge in [-0.05, 0) is 26.6 Å². The zero-order chi connectivity index (χ0) is 14.6. The van der Waals surface area contributed by atoms with E-state index in [0.29, 0.717) is 6.04 Å². The van der Waals surface area contributed by atoms with E-state index in [1.807, 2.05) is 25.2 Å². The van der Waals surface area contributed by atoms with Gasteiger partial charge in [-0.1, -0.05) is 30.3 Å². The van der Waals surface area contributed by atoms with Crippen LogP contribution in [0, 0.1) is 0 Å². The minimum absolute atomic E-state index is 0.105. The van der Waals surface area contributed by atoms with E-state index >= 15 is 0 Å². The standard InChI is InChI=1S/C16H27N3O/c1-14-11-19(10-9-18(14)3)12-16(13-20,17-2)15-7-5-4-6-8-15/h4-8,14,17,20H,9-13H2,1-3H3. The van der Waals surface area contributed by atoms with Crippen LogP contribution in [0.1, 0.15) is 12.5 Å². The van der Waals surface area contributed by atoms with Crippen molar-refractivity contribution in [3.05, 3.63) is 35.9 Å². The van der Waals surface area contributed by atoms with E-state index in [-0.39, 0.29) is 12.1 Å². The molecule has 0 spiro atoms. The Hall–Kier alpha value is -0.940. The molecule has 0 saturated carbocycles. The highest BCUT2D eigenvalue weighted by Gasteiger charge is 2.33.